The lowest BCUT2D eigenvalue weighted by atomic mass is 10.2. The molecule has 1 saturated heterocycles. The van der Waals surface area contributed by atoms with E-state index in [0.717, 1.165) is 31.9 Å². The van der Waals surface area contributed by atoms with E-state index in [4.69, 9.17) is 0 Å². The van der Waals surface area contributed by atoms with E-state index in [-0.39, 0.29) is 16.5 Å². The normalized spacial score (nSPS) is 20.4. The average Bonchev–Trinajstić information content (AvgIpc) is 2.29. The quantitative estimate of drug-likeness (QED) is 0.452. The van der Waals surface area contributed by atoms with Crippen molar-refractivity contribution in [3.05, 3.63) is 23.9 Å². The first-order chi connectivity index (χ1) is 7.98. The van der Waals surface area contributed by atoms with Gasteiger partial charge in [0.15, 0.2) is 0 Å². The average molecular weight is 394 g/mol. The molecule has 0 bridgehead atoms. The standard InChI is InChI=1S/C10H11F3IN3.ClH/c11-10(12,13)7-1-2-9(16-5-7)17-4-3-15-6-8(17)14;/h1-2,5,8,15H,3-4,6H2;1H. The third-order valence-electron chi connectivity index (χ3n) is 2.55. The Morgan fingerprint density at radius 3 is 2.61 bits per heavy atom. The summed E-state index contributed by atoms with van der Waals surface area (Å²) in [6, 6.07) is 2.51. The highest BCUT2D eigenvalue weighted by Crippen LogP contribution is 2.30. The van der Waals surface area contributed by atoms with Crippen molar-refractivity contribution in [3.63, 3.8) is 0 Å². The number of anilines is 1. The first kappa shape index (κ1) is 15.8. The second kappa shape index (κ2) is 6.25. The molecule has 0 saturated carbocycles. The van der Waals surface area contributed by atoms with Crippen LogP contribution in [-0.4, -0.2) is 28.7 Å². The summed E-state index contributed by atoms with van der Waals surface area (Å²) in [6.45, 7) is 2.39. The van der Waals surface area contributed by atoms with Gasteiger partial charge in [-0.3, -0.25) is 0 Å². The summed E-state index contributed by atoms with van der Waals surface area (Å²) in [5.41, 5.74) is -0.707. The maximum atomic E-state index is 12.4. The number of piperazine rings is 1. The molecule has 2 heterocycles. The molecule has 102 valence electrons. The van der Waals surface area contributed by atoms with E-state index >= 15 is 0 Å². The van der Waals surface area contributed by atoms with E-state index in [1.54, 1.807) is 0 Å². The summed E-state index contributed by atoms with van der Waals surface area (Å²) < 4.78 is 37.3. The van der Waals surface area contributed by atoms with Crippen molar-refractivity contribution >= 4 is 40.8 Å². The third-order valence-corrected chi connectivity index (χ3v) is 3.66. The zero-order valence-corrected chi connectivity index (χ0v) is 12.2. The van der Waals surface area contributed by atoms with Crippen LogP contribution in [0.5, 0.6) is 0 Å². The Labute approximate surface area is 123 Å². The molecule has 3 nitrogen and oxygen atoms in total. The van der Waals surface area contributed by atoms with Crippen LogP contribution >= 0.6 is 35.0 Å². The molecule has 1 aromatic rings. The number of hydrogen-bond donors (Lipinski definition) is 1. The Bertz CT molecular complexity index is 385. The number of nitrogens with one attached hydrogen (secondary N) is 1. The minimum atomic E-state index is -4.32. The number of aromatic nitrogens is 1. The maximum Gasteiger partial charge on any atom is 0.417 e. The largest absolute Gasteiger partial charge is 0.417 e. The highest BCUT2D eigenvalue weighted by molar-refractivity contribution is 14.1. The Morgan fingerprint density at radius 1 is 1.39 bits per heavy atom. The van der Waals surface area contributed by atoms with Crippen LogP contribution in [0.2, 0.25) is 0 Å². The second-order valence-electron chi connectivity index (χ2n) is 3.73. The number of pyridine rings is 1. The highest BCUT2D eigenvalue weighted by atomic mass is 127. The Hall–Kier alpha value is -0.280. The van der Waals surface area contributed by atoms with Crippen molar-refractivity contribution in [1.29, 1.82) is 0 Å². The van der Waals surface area contributed by atoms with Gasteiger partial charge in [0.05, 0.1) is 9.61 Å². The molecule has 2 rings (SSSR count). The number of alkyl halides is 4. The molecule has 0 aliphatic carbocycles. The smallest absolute Gasteiger partial charge is 0.342 e. The van der Waals surface area contributed by atoms with Crippen LogP contribution in [0, 0.1) is 0 Å². The summed E-state index contributed by atoms with van der Waals surface area (Å²) in [4.78, 5) is 5.89. The van der Waals surface area contributed by atoms with Crippen LogP contribution in [-0.2, 0) is 6.18 Å². The second-order valence-corrected chi connectivity index (χ2v) is 5.17. The minimum absolute atomic E-state index is 0. The summed E-state index contributed by atoms with van der Waals surface area (Å²) in [6.07, 6.45) is -3.43. The van der Waals surface area contributed by atoms with E-state index in [9.17, 15) is 13.2 Å². The SMILES string of the molecule is Cl.FC(F)(F)c1ccc(N2CCNCC2I)nc1. The fourth-order valence-electron chi connectivity index (χ4n) is 1.65. The predicted molar refractivity (Wildman–Crippen MR) is 74.5 cm³/mol. The number of hydrogen-bond acceptors (Lipinski definition) is 3. The first-order valence-electron chi connectivity index (χ1n) is 5.13. The maximum absolute atomic E-state index is 12.4. The molecule has 18 heavy (non-hydrogen) atoms. The molecule has 1 fully saturated rings. The van der Waals surface area contributed by atoms with Crippen LogP contribution in [0.1, 0.15) is 5.56 Å². The van der Waals surface area contributed by atoms with Gasteiger partial charge in [0.1, 0.15) is 5.82 Å². The van der Waals surface area contributed by atoms with E-state index in [0.29, 0.717) is 5.82 Å². The van der Waals surface area contributed by atoms with Gasteiger partial charge in [0, 0.05) is 25.8 Å². The number of nitrogens with zero attached hydrogens (tertiary/aromatic N) is 2. The molecule has 1 aliphatic rings. The van der Waals surface area contributed by atoms with Gasteiger partial charge in [-0.05, 0) is 12.1 Å². The fourth-order valence-corrected chi connectivity index (χ4v) is 2.53. The molecule has 1 aromatic heterocycles. The van der Waals surface area contributed by atoms with Crippen molar-refractivity contribution < 1.29 is 13.2 Å². The van der Waals surface area contributed by atoms with Gasteiger partial charge < -0.3 is 10.2 Å². The van der Waals surface area contributed by atoms with Crippen molar-refractivity contribution in [1.82, 2.24) is 10.3 Å². The molecule has 0 aromatic carbocycles. The molecule has 1 unspecified atom stereocenters. The van der Waals surface area contributed by atoms with E-state index in [1.807, 2.05) is 4.90 Å². The Kier molecular flexibility index (Phi) is 5.47. The fraction of sp³-hybridized carbons (Fsp3) is 0.500. The van der Waals surface area contributed by atoms with Crippen molar-refractivity contribution in [2.24, 2.45) is 0 Å². The van der Waals surface area contributed by atoms with Crippen LogP contribution in [0.3, 0.4) is 0 Å². The van der Waals surface area contributed by atoms with Gasteiger partial charge in [-0.2, -0.15) is 13.2 Å². The lowest BCUT2D eigenvalue weighted by molar-refractivity contribution is -0.137. The zero-order valence-electron chi connectivity index (χ0n) is 9.25. The third kappa shape index (κ3) is 3.61. The van der Waals surface area contributed by atoms with Crippen molar-refractivity contribution in [2.45, 2.75) is 10.2 Å². The topological polar surface area (TPSA) is 28.2 Å². The number of halogens is 5. The first-order valence-corrected chi connectivity index (χ1v) is 6.38. The van der Waals surface area contributed by atoms with Gasteiger partial charge in [-0.25, -0.2) is 4.98 Å². The Morgan fingerprint density at radius 2 is 2.11 bits per heavy atom. The van der Waals surface area contributed by atoms with Gasteiger partial charge in [0.25, 0.3) is 0 Å². The zero-order chi connectivity index (χ0) is 12.5. The van der Waals surface area contributed by atoms with Crippen LogP contribution < -0.4 is 10.2 Å². The summed E-state index contributed by atoms with van der Waals surface area (Å²) in [7, 11) is 0. The lowest BCUT2D eigenvalue weighted by Crippen LogP contribution is -2.48. The van der Waals surface area contributed by atoms with Gasteiger partial charge in [-0.1, -0.05) is 22.6 Å². The van der Waals surface area contributed by atoms with E-state index in [2.05, 4.69) is 32.9 Å². The molecule has 8 heteroatoms. The summed E-state index contributed by atoms with van der Waals surface area (Å²) >= 11 is 2.25. The van der Waals surface area contributed by atoms with E-state index in [1.165, 1.54) is 6.07 Å². The molecule has 0 spiro atoms. The molecule has 1 aliphatic heterocycles. The summed E-state index contributed by atoms with van der Waals surface area (Å²) in [5, 5.41) is 3.21. The van der Waals surface area contributed by atoms with Crippen LogP contribution in [0.4, 0.5) is 19.0 Å². The van der Waals surface area contributed by atoms with E-state index < -0.39 is 11.7 Å². The predicted octanol–water partition coefficient (Wildman–Crippen LogP) is 2.69. The minimum Gasteiger partial charge on any atom is -0.342 e. The van der Waals surface area contributed by atoms with Crippen molar-refractivity contribution in [2.75, 3.05) is 24.5 Å². The lowest BCUT2D eigenvalue weighted by Gasteiger charge is -2.33. The number of rotatable bonds is 1. The van der Waals surface area contributed by atoms with Gasteiger partial charge >= 0.3 is 6.18 Å². The van der Waals surface area contributed by atoms with Crippen LogP contribution in [0.15, 0.2) is 18.3 Å². The van der Waals surface area contributed by atoms with Gasteiger partial charge in [0.2, 0.25) is 0 Å². The molecule has 0 radical (unpaired) electrons. The van der Waals surface area contributed by atoms with Gasteiger partial charge in [-0.15, -0.1) is 12.4 Å². The highest BCUT2D eigenvalue weighted by Gasteiger charge is 2.31. The molecule has 1 N–H and O–H groups in total. The van der Waals surface area contributed by atoms with Crippen molar-refractivity contribution in [3.8, 4) is 0 Å². The molecular formula is C10H12ClF3IN3. The Balaban J connectivity index is 0.00000162. The molecule has 1 atom stereocenters. The van der Waals surface area contributed by atoms with Crippen LogP contribution in [0.25, 0.3) is 0 Å². The summed E-state index contributed by atoms with van der Waals surface area (Å²) in [5.74, 6) is 0.596. The molecular weight excluding hydrogens is 381 g/mol. The monoisotopic (exact) mass is 393 g/mol. The molecule has 0 amide bonds.